The second-order valence-electron chi connectivity index (χ2n) is 6.34. The van der Waals surface area contributed by atoms with Gasteiger partial charge in [0.15, 0.2) is 5.11 Å². The Morgan fingerprint density at radius 2 is 1.69 bits per heavy atom. The maximum atomic E-state index is 12.9. The smallest absolute Gasteiger partial charge is 0.243 e. The van der Waals surface area contributed by atoms with Crippen LogP contribution in [0.25, 0.3) is 0 Å². The molecule has 1 fully saturated rings. The van der Waals surface area contributed by atoms with Crippen molar-refractivity contribution in [3.05, 3.63) is 47.5 Å². The summed E-state index contributed by atoms with van der Waals surface area (Å²) in [6, 6.07) is 11.6. The average Bonchev–Trinajstić information content (AvgIpc) is 2.74. The number of anilines is 1. The van der Waals surface area contributed by atoms with Gasteiger partial charge in [-0.2, -0.15) is 4.31 Å². The number of nitrogens with one attached hydrogen (secondary N) is 1. The van der Waals surface area contributed by atoms with E-state index in [0.717, 1.165) is 0 Å². The fraction of sp³-hybridized carbons (Fsp3) is 0.316. The molecule has 0 aliphatic carbocycles. The lowest BCUT2D eigenvalue weighted by atomic mass is 10.3. The second-order valence-corrected chi connectivity index (χ2v) is 9.10. The van der Waals surface area contributed by atoms with E-state index in [1.54, 1.807) is 56.7 Å². The molecular weight excluding hydrogens is 434 g/mol. The lowest BCUT2D eigenvalue weighted by molar-refractivity contribution is 0.268. The number of halogens is 1. The van der Waals surface area contributed by atoms with Gasteiger partial charge in [0.1, 0.15) is 11.5 Å². The van der Waals surface area contributed by atoms with Crippen molar-refractivity contribution in [1.82, 2.24) is 9.21 Å². The molecule has 0 bridgehead atoms. The van der Waals surface area contributed by atoms with Crippen molar-refractivity contribution in [3.63, 3.8) is 0 Å². The number of piperazine rings is 1. The fourth-order valence-corrected chi connectivity index (χ4v) is 4.89. The van der Waals surface area contributed by atoms with Gasteiger partial charge in [-0.05, 0) is 54.7 Å². The van der Waals surface area contributed by atoms with E-state index in [1.807, 2.05) is 4.90 Å². The van der Waals surface area contributed by atoms with Crippen LogP contribution >= 0.6 is 23.8 Å². The number of thiocarbonyl (C=S) groups is 1. The van der Waals surface area contributed by atoms with Crippen molar-refractivity contribution in [2.75, 3.05) is 45.7 Å². The summed E-state index contributed by atoms with van der Waals surface area (Å²) in [5.41, 5.74) is 0.665. The summed E-state index contributed by atoms with van der Waals surface area (Å²) in [6.07, 6.45) is 0. The van der Waals surface area contributed by atoms with Gasteiger partial charge in [0.05, 0.1) is 24.8 Å². The van der Waals surface area contributed by atoms with E-state index in [2.05, 4.69) is 5.32 Å². The molecule has 0 atom stereocenters. The molecule has 0 aromatic heterocycles. The van der Waals surface area contributed by atoms with Crippen LogP contribution in [0.15, 0.2) is 47.4 Å². The molecule has 1 heterocycles. The van der Waals surface area contributed by atoms with Gasteiger partial charge < -0.3 is 19.7 Å². The van der Waals surface area contributed by atoms with E-state index >= 15 is 0 Å². The fourth-order valence-electron chi connectivity index (χ4n) is 3.00. The summed E-state index contributed by atoms with van der Waals surface area (Å²) >= 11 is 11.6. The van der Waals surface area contributed by atoms with Gasteiger partial charge >= 0.3 is 0 Å². The van der Waals surface area contributed by atoms with Crippen LogP contribution in [0.4, 0.5) is 5.69 Å². The molecule has 1 N–H and O–H groups in total. The SMILES string of the molecule is COc1ccc(S(=O)(=O)N2CCN(C(=S)Nc3cc(Cl)ccc3OC)CC2)cc1. The van der Waals surface area contributed by atoms with Crippen molar-refractivity contribution in [3.8, 4) is 11.5 Å². The van der Waals surface area contributed by atoms with Crippen molar-refractivity contribution < 1.29 is 17.9 Å². The number of nitrogens with zero attached hydrogens (tertiary/aromatic N) is 2. The zero-order valence-corrected chi connectivity index (χ0v) is 18.5. The van der Waals surface area contributed by atoms with Crippen LogP contribution in [-0.2, 0) is 10.0 Å². The van der Waals surface area contributed by atoms with Gasteiger partial charge in [-0.3, -0.25) is 0 Å². The summed E-state index contributed by atoms with van der Waals surface area (Å²) in [6.45, 7) is 1.62. The number of hydrogen-bond acceptors (Lipinski definition) is 5. The molecule has 0 radical (unpaired) electrons. The zero-order chi connectivity index (χ0) is 21.0. The van der Waals surface area contributed by atoms with Gasteiger partial charge in [0, 0.05) is 31.2 Å². The minimum atomic E-state index is -3.56. The molecule has 1 aliphatic rings. The molecule has 3 rings (SSSR count). The number of benzene rings is 2. The lowest BCUT2D eigenvalue weighted by Crippen LogP contribution is -2.51. The molecule has 10 heteroatoms. The van der Waals surface area contributed by atoms with E-state index in [1.165, 1.54) is 4.31 Å². The van der Waals surface area contributed by atoms with Crippen LogP contribution < -0.4 is 14.8 Å². The number of hydrogen-bond donors (Lipinski definition) is 1. The highest BCUT2D eigenvalue weighted by Gasteiger charge is 2.29. The molecule has 0 saturated carbocycles. The average molecular weight is 456 g/mol. The van der Waals surface area contributed by atoms with Crippen LogP contribution in [0, 0.1) is 0 Å². The summed E-state index contributed by atoms with van der Waals surface area (Å²) in [7, 11) is -0.451. The van der Waals surface area contributed by atoms with Gasteiger partial charge in [-0.25, -0.2) is 8.42 Å². The van der Waals surface area contributed by atoms with E-state index in [-0.39, 0.29) is 4.90 Å². The highest BCUT2D eigenvalue weighted by Crippen LogP contribution is 2.28. The first kappa shape index (κ1) is 21.6. The quantitative estimate of drug-likeness (QED) is 0.694. The monoisotopic (exact) mass is 455 g/mol. The molecule has 0 unspecified atom stereocenters. The standard InChI is InChI=1S/C19H22ClN3O4S2/c1-26-15-4-6-16(7-5-15)29(24,25)23-11-9-22(10-12-23)19(28)21-17-13-14(20)3-8-18(17)27-2/h3-8,13H,9-12H2,1-2H3,(H,21,28). The van der Waals surface area contributed by atoms with E-state index < -0.39 is 10.0 Å². The van der Waals surface area contributed by atoms with Gasteiger partial charge in [0.25, 0.3) is 0 Å². The first-order valence-corrected chi connectivity index (χ1v) is 11.1. The van der Waals surface area contributed by atoms with E-state index in [9.17, 15) is 8.42 Å². The van der Waals surface area contributed by atoms with E-state index in [4.69, 9.17) is 33.3 Å². The van der Waals surface area contributed by atoms with Gasteiger partial charge in [-0.1, -0.05) is 11.6 Å². The third kappa shape index (κ3) is 4.92. The molecular formula is C19H22ClN3O4S2. The third-order valence-electron chi connectivity index (χ3n) is 4.63. The normalized spacial score (nSPS) is 15.1. The second kappa shape index (κ2) is 9.17. The van der Waals surface area contributed by atoms with Crippen molar-refractivity contribution in [2.24, 2.45) is 0 Å². The number of ether oxygens (including phenoxy) is 2. The number of sulfonamides is 1. The molecule has 0 amide bonds. The summed E-state index contributed by atoms with van der Waals surface area (Å²) in [4.78, 5) is 2.17. The van der Waals surface area contributed by atoms with Crippen molar-refractivity contribution in [2.45, 2.75) is 4.90 Å². The molecule has 7 nitrogen and oxygen atoms in total. The minimum absolute atomic E-state index is 0.246. The molecule has 2 aromatic carbocycles. The largest absolute Gasteiger partial charge is 0.497 e. The third-order valence-corrected chi connectivity index (χ3v) is 7.13. The Balaban J connectivity index is 1.64. The summed E-state index contributed by atoms with van der Waals surface area (Å²) in [5.74, 6) is 1.24. The molecule has 156 valence electrons. The Kier molecular flexibility index (Phi) is 6.84. The first-order chi connectivity index (χ1) is 13.8. The van der Waals surface area contributed by atoms with Crippen molar-refractivity contribution in [1.29, 1.82) is 0 Å². The lowest BCUT2D eigenvalue weighted by Gasteiger charge is -2.35. The maximum Gasteiger partial charge on any atom is 0.243 e. The molecule has 0 spiro atoms. The highest BCUT2D eigenvalue weighted by molar-refractivity contribution is 7.89. The van der Waals surface area contributed by atoms with Crippen LogP contribution in [0.5, 0.6) is 11.5 Å². The van der Waals surface area contributed by atoms with Crippen LogP contribution in [0.1, 0.15) is 0 Å². The zero-order valence-electron chi connectivity index (χ0n) is 16.1. The topological polar surface area (TPSA) is 71.1 Å². The number of methoxy groups -OCH3 is 2. The molecule has 1 saturated heterocycles. The van der Waals surface area contributed by atoms with Crippen molar-refractivity contribution >= 4 is 44.6 Å². The Bertz CT molecular complexity index is 975. The van der Waals surface area contributed by atoms with E-state index in [0.29, 0.717) is 53.5 Å². The number of rotatable bonds is 5. The van der Waals surface area contributed by atoms with Crippen LogP contribution in [0.2, 0.25) is 5.02 Å². The predicted molar refractivity (Wildman–Crippen MR) is 118 cm³/mol. The Morgan fingerprint density at radius 3 is 2.28 bits per heavy atom. The Labute approximate surface area is 181 Å². The highest BCUT2D eigenvalue weighted by atomic mass is 35.5. The van der Waals surface area contributed by atoms with Gasteiger partial charge in [-0.15, -0.1) is 0 Å². The maximum absolute atomic E-state index is 12.9. The Hall–Kier alpha value is -2.07. The van der Waals surface area contributed by atoms with Crippen LogP contribution in [0.3, 0.4) is 0 Å². The van der Waals surface area contributed by atoms with Crippen LogP contribution in [-0.4, -0.2) is 63.1 Å². The summed E-state index contributed by atoms with van der Waals surface area (Å²) < 4.78 is 37.6. The molecule has 2 aromatic rings. The predicted octanol–water partition coefficient (Wildman–Crippen LogP) is 3.06. The Morgan fingerprint density at radius 1 is 1.03 bits per heavy atom. The summed E-state index contributed by atoms with van der Waals surface area (Å²) in [5, 5.41) is 4.19. The van der Waals surface area contributed by atoms with Gasteiger partial charge in [0.2, 0.25) is 10.0 Å². The molecule has 29 heavy (non-hydrogen) atoms. The molecule has 1 aliphatic heterocycles. The first-order valence-electron chi connectivity index (χ1n) is 8.89. The minimum Gasteiger partial charge on any atom is -0.497 e.